The van der Waals surface area contributed by atoms with Crippen LogP contribution in [0.1, 0.15) is 12.8 Å². The SMILES string of the molecule is O=C1CCC2C1=CC(Cl)=CC2Br. The van der Waals surface area contributed by atoms with Gasteiger partial charge in [0.1, 0.15) is 0 Å². The van der Waals surface area contributed by atoms with Crippen LogP contribution in [0.2, 0.25) is 0 Å². The molecule has 0 heterocycles. The molecule has 0 aromatic rings. The summed E-state index contributed by atoms with van der Waals surface area (Å²) in [5.74, 6) is 0.621. The largest absolute Gasteiger partial charge is 0.295 e. The molecular formula is C9H8BrClO. The Morgan fingerprint density at radius 3 is 3.08 bits per heavy atom. The quantitative estimate of drug-likeness (QED) is 0.602. The maximum Gasteiger partial charge on any atom is 0.159 e. The summed E-state index contributed by atoms with van der Waals surface area (Å²) >= 11 is 9.36. The molecule has 0 aromatic carbocycles. The van der Waals surface area contributed by atoms with Gasteiger partial charge >= 0.3 is 0 Å². The van der Waals surface area contributed by atoms with Crippen LogP contribution in [-0.4, -0.2) is 10.6 Å². The first-order chi connectivity index (χ1) is 5.68. The molecule has 0 bridgehead atoms. The smallest absolute Gasteiger partial charge is 0.159 e. The first-order valence-electron chi connectivity index (χ1n) is 3.94. The number of allylic oxidation sites excluding steroid dienone is 4. The Morgan fingerprint density at radius 1 is 1.58 bits per heavy atom. The number of fused-ring (bicyclic) bond motifs is 1. The minimum atomic E-state index is 0.247. The predicted molar refractivity (Wildman–Crippen MR) is 52.5 cm³/mol. The fraction of sp³-hybridized carbons (Fsp3) is 0.444. The molecule has 2 aliphatic rings. The highest BCUT2D eigenvalue weighted by molar-refractivity contribution is 9.09. The van der Waals surface area contributed by atoms with Crippen molar-refractivity contribution >= 4 is 33.3 Å². The van der Waals surface area contributed by atoms with Crippen molar-refractivity contribution in [1.29, 1.82) is 0 Å². The zero-order valence-electron chi connectivity index (χ0n) is 6.39. The lowest BCUT2D eigenvalue weighted by Crippen LogP contribution is -2.15. The molecule has 2 atom stereocenters. The molecule has 1 fully saturated rings. The molecule has 12 heavy (non-hydrogen) atoms. The first kappa shape index (κ1) is 8.52. The lowest BCUT2D eigenvalue weighted by molar-refractivity contribution is -0.114. The van der Waals surface area contributed by atoms with Crippen LogP contribution in [0.3, 0.4) is 0 Å². The Hall–Kier alpha value is -0.0800. The fourth-order valence-electron chi connectivity index (χ4n) is 1.78. The van der Waals surface area contributed by atoms with Crippen LogP contribution < -0.4 is 0 Å². The van der Waals surface area contributed by atoms with Gasteiger partial charge in [-0.05, 0) is 12.5 Å². The molecule has 0 aromatic heterocycles. The van der Waals surface area contributed by atoms with Crippen molar-refractivity contribution in [2.24, 2.45) is 5.92 Å². The van der Waals surface area contributed by atoms with Gasteiger partial charge in [0.2, 0.25) is 0 Å². The van der Waals surface area contributed by atoms with E-state index in [1.165, 1.54) is 0 Å². The summed E-state index contributed by atoms with van der Waals surface area (Å²) in [7, 11) is 0. The van der Waals surface area contributed by atoms with Gasteiger partial charge in [0.25, 0.3) is 0 Å². The Kier molecular flexibility index (Phi) is 2.13. The van der Waals surface area contributed by atoms with E-state index in [4.69, 9.17) is 11.6 Å². The van der Waals surface area contributed by atoms with E-state index in [-0.39, 0.29) is 10.6 Å². The average Bonchev–Trinajstić information content (AvgIpc) is 2.33. The summed E-state index contributed by atoms with van der Waals surface area (Å²) in [5.41, 5.74) is 0.907. The van der Waals surface area contributed by atoms with Crippen molar-refractivity contribution in [3.8, 4) is 0 Å². The highest BCUT2D eigenvalue weighted by Gasteiger charge is 2.34. The molecule has 1 saturated carbocycles. The van der Waals surface area contributed by atoms with Crippen LogP contribution in [0.15, 0.2) is 22.8 Å². The number of rotatable bonds is 0. The third-order valence-corrected chi connectivity index (χ3v) is 3.54. The van der Waals surface area contributed by atoms with E-state index in [0.717, 1.165) is 12.0 Å². The van der Waals surface area contributed by atoms with Crippen molar-refractivity contribution in [2.75, 3.05) is 0 Å². The van der Waals surface area contributed by atoms with Gasteiger partial charge in [-0.15, -0.1) is 0 Å². The highest BCUT2D eigenvalue weighted by atomic mass is 79.9. The second-order valence-corrected chi connectivity index (χ2v) is 4.66. The van der Waals surface area contributed by atoms with Crippen LogP contribution in [0, 0.1) is 5.92 Å². The number of hydrogen-bond acceptors (Lipinski definition) is 1. The lowest BCUT2D eigenvalue weighted by atomic mass is 9.94. The number of alkyl halides is 1. The molecular weight excluding hydrogens is 239 g/mol. The molecule has 1 nitrogen and oxygen atoms in total. The minimum Gasteiger partial charge on any atom is -0.295 e. The van der Waals surface area contributed by atoms with Gasteiger partial charge in [-0.2, -0.15) is 0 Å². The summed E-state index contributed by atoms with van der Waals surface area (Å²) in [6.07, 6.45) is 5.39. The first-order valence-corrected chi connectivity index (χ1v) is 5.24. The number of carbonyl (C=O) groups is 1. The third kappa shape index (κ3) is 1.27. The number of ketones is 1. The topological polar surface area (TPSA) is 17.1 Å². The third-order valence-electron chi connectivity index (χ3n) is 2.40. The van der Waals surface area contributed by atoms with E-state index in [0.29, 0.717) is 17.4 Å². The van der Waals surface area contributed by atoms with Crippen LogP contribution in [0.4, 0.5) is 0 Å². The Bertz CT molecular complexity index is 293. The van der Waals surface area contributed by atoms with Gasteiger partial charge in [-0.3, -0.25) is 4.79 Å². The second-order valence-electron chi connectivity index (χ2n) is 3.16. The molecule has 0 radical (unpaired) electrons. The van der Waals surface area contributed by atoms with Gasteiger partial charge in [-0.25, -0.2) is 0 Å². The molecule has 2 unspecified atom stereocenters. The lowest BCUT2D eigenvalue weighted by Gasteiger charge is -2.18. The number of halogens is 2. The molecule has 0 N–H and O–H groups in total. The summed E-state index contributed by atoms with van der Waals surface area (Å²) in [6, 6.07) is 0. The highest BCUT2D eigenvalue weighted by Crippen LogP contribution is 2.39. The number of hydrogen-bond donors (Lipinski definition) is 0. The van der Waals surface area contributed by atoms with Crippen molar-refractivity contribution in [1.82, 2.24) is 0 Å². The molecule has 0 aliphatic heterocycles. The van der Waals surface area contributed by atoms with Crippen molar-refractivity contribution in [3.63, 3.8) is 0 Å². The van der Waals surface area contributed by atoms with E-state index in [1.54, 1.807) is 6.08 Å². The summed E-state index contributed by atoms with van der Waals surface area (Å²) in [4.78, 5) is 11.6. The van der Waals surface area contributed by atoms with Gasteiger partial charge in [0.15, 0.2) is 5.78 Å². The van der Waals surface area contributed by atoms with E-state index in [1.807, 2.05) is 6.08 Å². The zero-order valence-corrected chi connectivity index (χ0v) is 8.73. The number of Topliss-reactive ketones (excluding diaryl/α,β-unsaturated/α-hetero) is 1. The Balaban J connectivity index is 2.38. The van der Waals surface area contributed by atoms with Crippen LogP contribution in [-0.2, 0) is 4.79 Å². The van der Waals surface area contributed by atoms with E-state index in [2.05, 4.69) is 15.9 Å². The molecule has 3 heteroatoms. The standard InChI is InChI=1S/C9H8BrClO/c10-8-4-5(11)3-7-6(8)1-2-9(7)12/h3-4,6,8H,1-2H2. The van der Waals surface area contributed by atoms with Crippen molar-refractivity contribution in [3.05, 3.63) is 22.8 Å². The molecule has 64 valence electrons. The maximum absolute atomic E-state index is 11.3. The Labute approximate surface area is 84.6 Å². The minimum absolute atomic E-state index is 0.247. The Morgan fingerprint density at radius 2 is 2.33 bits per heavy atom. The predicted octanol–water partition coefficient (Wildman–Crippen LogP) is 2.79. The molecule has 0 spiro atoms. The molecule has 0 saturated heterocycles. The monoisotopic (exact) mass is 246 g/mol. The van der Waals surface area contributed by atoms with Gasteiger partial charge < -0.3 is 0 Å². The van der Waals surface area contributed by atoms with Gasteiger partial charge in [0.05, 0.1) is 0 Å². The normalized spacial score (nSPS) is 34.3. The van der Waals surface area contributed by atoms with Gasteiger partial charge in [-0.1, -0.05) is 33.6 Å². The average molecular weight is 248 g/mol. The van der Waals surface area contributed by atoms with Crippen LogP contribution >= 0.6 is 27.5 Å². The summed E-state index contributed by atoms with van der Waals surface area (Å²) < 4.78 is 0. The number of carbonyl (C=O) groups excluding carboxylic acids is 1. The van der Waals surface area contributed by atoms with Gasteiger partial charge in [0, 0.05) is 27.8 Å². The maximum atomic E-state index is 11.3. The van der Waals surface area contributed by atoms with Crippen molar-refractivity contribution < 1.29 is 4.79 Å². The van der Waals surface area contributed by atoms with Crippen LogP contribution in [0.25, 0.3) is 0 Å². The zero-order chi connectivity index (χ0) is 8.72. The van der Waals surface area contributed by atoms with E-state index < -0.39 is 0 Å². The van der Waals surface area contributed by atoms with E-state index in [9.17, 15) is 4.79 Å². The molecule has 2 rings (SSSR count). The van der Waals surface area contributed by atoms with Crippen LogP contribution in [0.5, 0.6) is 0 Å². The molecule has 0 amide bonds. The fourth-order valence-corrected chi connectivity index (χ4v) is 3.02. The molecule has 2 aliphatic carbocycles. The van der Waals surface area contributed by atoms with Crippen molar-refractivity contribution in [2.45, 2.75) is 17.7 Å². The summed E-state index contributed by atoms with van der Waals surface area (Å²) in [6.45, 7) is 0. The summed E-state index contributed by atoms with van der Waals surface area (Å²) in [5, 5.41) is 0.679. The second kappa shape index (κ2) is 3.00. The van der Waals surface area contributed by atoms with E-state index >= 15 is 0 Å².